The molecule has 29 heavy (non-hydrogen) atoms. The summed E-state index contributed by atoms with van der Waals surface area (Å²) in [4.78, 5) is 6.45. The smallest absolute Gasteiger partial charge is 0.266 e. The number of nitrogens with zero attached hydrogens (tertiary/aromatic N) is 3. The average molecular weight is 412 g/mol. The zero-order valence-corrected chi connectivity index (χ0v) is 17.1. The van der Waals surface area contributed by atoms with Gasteiger partial charge in [0.05, 0.1) is 5.02 Å². The lowest BCUT2D eigenvalue weighted by Gasteiger charge is -2.34. The van der Waals surface area contributed by atoms with Crippen molar-refractivity contribution >= 4 is 17.5 Å². The molecule has 0 N–H and O–H groups in total. The summed E-state index contributed by atoms with van der Waals surface area (Å²) >= 11 is 6.11. The second kappa shape index (κ2) is 8.22. The van der Waals surface area contributed by atoms with Crippen LogP contribution in [-0.2, 0) is 6.61 Å². The van der Waals surface area contributed by atoms with Crippen LogP contribution in [0.2, 0.25) is 5.02 Å². The number of oxazole rings is 1. The maximum atomic E-state index is 9.52. The Labute approximate surface area is 174 Å². The fraction of sp³-hybridized carbons (Fsp3) is 0.364. The number of halogens is 1. The van der Waals surface area contributed by atoms with Crippen LogP contribution in [-0.4, -0.2) is 18.1 Å². The lowest BCUT2D eigenvalue weighted by atomic mass is 9.92. The Morgan fingerprint density at radius 2 is 1.93 bits per heavy atom. The Hall–Kier alpha value is -2.91. The number of hydrogen-bond acceptors (Lipinski definition) is 6. The number of para-hydroxylation sites is 1. The van der Waals surface area contributed by atoms with Crippen LogP contribution in [0.5, 0.6) is 5.75 Å². The molecule has 0 aliphatic carbocycles. The fourth-order valence-electron chi connectivity index (χ4n) is 3.81. The summed E-state index contributed by atoms with van der Waals surface area (Å²) in [5.41, 5.74) is 0.284. The second-order valence-electron chi connectivity index (χ2n) is 7.62. The highest BCUT2D eigenvalue weighted by atomic mass is 35.5. The van der Waals surface area contributed by atoms with Crippen LogP contribution in [0.4, 0.5) is 5.88 Å². The number of furan rings is 1. The van der Waals surface area contributed by atoms with E-state index in [-0.39, 0.29) is 12.3 Å². The van der Waals surface area contributed by atoms with E-state index < -0.39 is 0 Å². The van der Waals surface area contributed by atoms with Crippen LogP contribution in [0.15, 0.2) is 45.2 Å². The Morgan fingerprint density at radius 1 is 1.17 bits per heavy atom. The molecule has 0 spiro atoms. The predicted molar refractivity (Wildman–Crippen MR) is 110 cm³/mol. The standard InChI is InChI=1S/C22H22ClN3O3/c1-14-9-15(2)12-26(11-14)22-18(10-24)25-21(29-22)20-8-7-16(28-20)13-27-19-6-4-3-5-17(19)23/h3-8,14-15H,9,11-13H2,1-2H3/t14-,15+. The van der Waals surface area contributed by atoms with Crippen LogP contribution in [0.25, 0.3) is 11.7 Å². The Balaban J connectivity index is 1.51. The van der Waals surface area contributed by atoms with Crippen molar-refractivity contribution in [1.29, 1.82) is 5.26 Å². The van der Waals surface area contributed by atoms with Gasteiger partial charge in [-0.25, -0.2) is 0 Å². The summed E-state index contributed by atoms with van der Waals surface area (Å²) in [7, 11) is 0. The van der Waals surface area contributed by atoms with E-state index in [1.54, 1.807) is 24.3 Å². The van der Waals surface area contributed by atoms with Crippen molar-refractivity contribution in [3.63, 3.8) is 0 Å². The van der Waals surface area contributed by atoms with Crippen LogP contribution < -0.4 is 9.64 Å². The van der Waals surface area contributed by atoms with Gasteiger partial charge in [-0.15, -0.1) is 0 Å². The van der Waals surface area contributed by atoms with Crippen molar-refractivity contribution in [3.8, 4) is 23.5 Å². The van der Waals surface area contributed by atoms with Crippen molar-refractivity contribution in [2.75, 3.05) is 18.0 Å². The van der Waals surface area contributed by atoms with Gasteiger partial charge in [-0.1, -0.05) is 37.6 Å². The van der Waals surface area contributed by atoms with Gasteiger partial charge in [-0.3, -0.25) is 0 Å². The highest BCUT2D eigenvalue weighted by Gasteiger charge is 2.28. The molecule has 0 saturated carbocycles. The van der Waals surface area contributed by atoms with Crippen molar-refractivity contribution < 1.29 is 13.6 Å². The monoisotopic (exact) mass is 411 g/mol. The van der Waals surface area contributed by atoms with Gasteiger partial charge in [0.15, 0.2) is 5.76 Å². The molecular weight excluding hydrogens is 390 g/mol. The van der Waals surface area contributed by atoms with Gasteiger partial charge in [0.2, 0.25) is 11.6 Å². The summed E-state index contributed by atoms with van der Waals surface area (Å²) in [6, 6.07) is 13.0. The summed E-state index contributed by atoms with van der Waals surface area (Å²) in [6.45, 7) is 6.35. The molecular formula is C22H22ClN3O3. The van der Waals surface area contributed by atoms with Crippen LogP contribution in [0.3, 0.4) is 0 Å². The van der Waals surface area contributed by atoms with E-state index in [2.05, 4.69) is 29.8 Å². The van der Waals surface area contributed by atoms with E-state index in [9.17, 15) is 5.26 Å². The normalized spacial score (nSPS) is 19.2. The number of benzene rings is 1. The molecule has 4 rings (SSSR count). The van der Waals surface area contributed by atoms with Crippen LogP contribution >= 0.6 is 11.6 Å². The van der Waals surface area contributed by atoms with Gasteiger partial charge >= 0.3 is 0 Å². The number of rotatable bonds is 5. The van der Waals surface area contributed by atoms with E-state index >= 15 is 0 Å². The maximum Gasteiger partial charge on any atom is 0.266 e. The molecule has 6 nitrogen and oxygen atoms in total. The molecule has 0 amide bonds. The lowest BCUT2D eigenvalue weighted by molar-refractivity contribution is 0.271. The molecule has 0 bridgehead atoms. The lowest BCUT2D eigenvalue weighted by Crippen LogP contribution is -2.38. The SMILES string of the molecule is C[C@@H]1C[C@H](C)CN(c2oc(-c3ccc(COc4ccccc4Cl)o3)nc2C#N)C1. The maximum absolute atomic E-state index is 9.52. The number of piperidine rings is 1. The fourth-order valence-corrected chi connectivity index (χ4v) is 4.00. The Bertz CT molecular complexity index is 1030. The minimum Gasteiger partial charge on any atom is -0.484 e. The summed E-state index contributed by atoms with van der Waals surface area (Å²) < 4.78 is 17.5. The quantitative estimate of drug-likeness (QED) is 0.550. The van der Waals surface area contributed by atoms with Gasteiger partial charge < -0.3 is 18.5 Å². The highest BCUT2D eigenvalue weighted by molar-refractivity contribution is 6.32. The topological polar surface area (TPSA) is 75.4 Å². The zero-order valence-electron chi connectivity index (χ0n) is 16.4. The molecule has 1 fully saturated rings. The van der Waals surface area contributed by atoms with E-state index in [1.165, 1.54) is 6.42 Å². The van der Waals surface area contributed by atoms with Gasteiger partial charge in [-0.05, 0) is 42.5 Å². The molecule has 1 aromatic carbocycles. The molecule has 3 aromatic rings. The predicted octanol–water partition coefficient (Wildman–Crippen LogP) is 5.52. The first kappa shape index (κ1) is 19.4. The molecule has 2 aromatic heterocycles. The molecule has 0 unspecified atom stereocenters. The average Bonchev–Trinajstić information content (AvgIpc) is 3.33. The van der Waals surface area contributed by atoms with Crippen molar-refractivity contribution in [3.05, 3.63) is 52.9 Å². The van der Waals surface area contributed by atoms with Gasteiger partial charge in [0.25, 0.3) is 5.89 Å². The molecule has 7 heteroatoms. The third-order valence-electron chi connectivity index (χ3n) is 4.95. The van der Waals surface area contributed by atoms with Gasteiger partial charge in [0.1, 0.15) is 24.2 Å². The summed E-state index contributed by atoms with van der Waals surface area (Å²) in [6.07, 6.45) is 1.17. The largest absolute Gasteiger partial charge is 0.484 e. The van der Waals surface area contributed by atoms with Crippen LogP contribution in [0, 0.1) is 23.2 Å². The van der Waals surface area contributed by atoms with E-state index in [0.717, 1.165) is 13.1 Å². The first-order valence-electron chi connectivity index (χ1n) is 9.65. The first-order valence-corrected chi connectivity index (χ1v) is 10.0. The minimum atomic E-state index is 0.226. The molecule has 0 radical (unpaired) electrons. The number of hydrogen-bond donors (Lipinski definition) is 0. The number of aromatic nitrogens is 1. The first-order chi connectivity index (χ1) is 14.0. The van der Waals surface area contributed by atoms with E-state index in [0.29, 0.717) is 45.9 Å². The minimum absolute atomic E-state index is 0.226. The van der Waals surface area contributed by atoms with Gasteiger partial charge in [-0.2, -0.15) is 10.2 Å². The Kier molecular flexibility index (Phi) is 5.50. The van der Waals surface area contributed by atoms with Crippen molar-refractivity contribution in [1.82, 2.24) is 4.98 Å². The van der Waals surface area contributed by atoms with E-state index in [4.69, 9.17) is 25.2 Å². The summed E-state index contributed by atoms with van der Waals surface area (Å²) in [5.74, 6) is 3.55. The molecule has 150 valence electrons. The van der Waals surface area contributed by atoms with Crippen molar-refractivity contribution in [2.24, 2.45) is 11.8 Å². The van der Waals surface area contributed by atoms with Crippen molar-refractivity contribution in [2.45, 2.75) is 26.9 Å². The highest BCUT2D eigenvalue weighted by Crippen LogP contribution is 2.33. The van der Waals surface area contributed by atoms with Gasteiger partial charge in [0, 0.05) is 13.1 Å². The second-order valence-corrected chi connectivity index (χ2v) is 8.03. The van der Waals surface area contributed by atoms with E-state index in [1.807, 2.05) is 12.1 Å². The summed E-state index contributed by atoms with van der Waals surface area (Å²) in [5, 5.41) is 10.1. The third kappa shape index (κ3) is 4.25. The number of ether oxygens (including phenoxy) is 1. The molecule has 3 heterocycles. The zero-order chi connectivity index (χ0) is 20.4. The third-order valence-corrected chi connectivity index (χ3v) is 5.26. The van der Waals surface area contributed by atoms with Crippen LogP contribution in [0.1, 0.15) is 31.7 Å². The number of nitriles is 1. The number of anilines is 1. The molecule has 1 aliphatic rings. The molecule has 1 saturated heterocycles. The molecule has 1 aliphatic heterocycles. The Morgan fingerprint density at radius 3 is 2.66 bits per heavy atom. The molecule has 2 atom stereocenters.